The number of piperazine rings is 1. The molecule has 2 saturated heterocycles. The van der Waals surface area contributed by atoms with Crippen LogP contribution in [0, 0.1) is 5.92 Å². The molecule has 32 heavy (non-hydrogen) atoms. The average molecular weight is 454 g/mol. The van der Waals surface area contributed by atoms with Gasteiger partial charge in [0.2, 0.25) is 5.91 Å². The Bertz CT molecular complexity index is 920. The van der Waals surface area contributed by atoms with Crippen LogP contribution in [-0.4, -0.2) is 71.8 Å². The van der Waals surface area contributed by atoms with Gasteiger partial charge in [-0.15, -0.1) is 0 Å². The Hall–Kier alpha value is -2.37. The number of halogens is 1. The van der Waals surface area contributed by atoms with Gasteiger partial charge in [0, 0.05) is 39.3 Å². The van der Waals surface area contributed by atoms with E-state index >= 15 is 0 Å². The second-order valence-electron chi connectivity index (χ2n) is 8.94. The zero-order valence-electron chi connectivity index (χ0n) is 18.8. The third-order valence-corrected chi connectivity index (χ3v) is 7.23. The summed E-state index contributed by atoms with van der Waals surface area (Å²) in [5.74, 6) is 0.833. The molecule has 0 radical (unpaired) electrons. The normalized spacial score (nSPS) is 19.1. The van der Waals surface area contributed by atoms with Gasteiger partial charge in [-0.05, 0) is 49.8 Å². The Morgan fingerprint density at radius 1 is 0.875 bits per heavy atom. The van der Waals surface area contributed by atoms with Crippen LogP contribution in [0.4, 0.5) is 0 Å². The fourth-order valence-electron chi connectivity index (χ4n) is 4.84. The first-order valence-corrected chi connectivity index (χ1v) is 12.0. The predicted octanol–water partition coefficient (Wildman–Crippen LogP) is 3.97. The first kappa shape index (κ1) is 22.8. The zero-order valence-corrected chi connectivity index (χ0v) is 19.5. The van der Waals surface area contributed by atoms with E-state index < -0.39 is 0 Å². The Morgan fingerprint density at radius 2 is 1.50 bits per heavy atom. The number of rotatable bonds is 5. The minimum atomic E-state index is -0.154. The monoisotopic (exact) mass is 453 g/mol. The molecule has 2 aliphatic heterocycles. The molecule has 0 saturated carbocycles. The summed E-state index contributed by atoms with van der Waals surface area (Å²) >= 11 is 6.19. The SMILES string of the molecule is C[C@@H](C(=O)N1CCC(Cc2ccccc2)CC1)N1CCN(C(=O)c2ccccc2Cl)CC1. The lowest BCUT2D eigenvalue weighted by atomic mass is 9.90. The maximum atomic E-state index is 13.1. The van der Waals surface area contributed by atoms with Gasteiger partial charge in [-0.3, -0.25) is 14.5 Å². The molecule has 0 unspecified atom stereocenters. The van der Waals surface area contributed by atoms with Gasteiger partial charge in [-0.25, -0.2) is 0 Å². The van der Waals surface area contributed by atoms with Crippen LogP contribution >= 0.6 is 11.6 Å². The van der Waals surface area contributed by atoms with Crippen molar-refractivity contribution in [1.29, 1.82) is 0 Å². The van der Waals surface area contributed by atoms with Crippen LogP contribution in [-0.2, 0) is 11.2 Å². The van der Waals surface area contributed by atoms with Crippen LogP contribution in [0.15, 0.2) is 54.6 Å². The van der Waals surface area contributed by atoms with E-state index in [1.165, 1.54) is 5.56 Å². The summed E-state index contributed by atoms with van der Waals surface area (Å²) in [6.07, 6.45) is 3.22. The molecule has 2 aromatic carbocycles. The summed E-state index contributed by atoms with van der Waals surface area (Å²) in [4.78, 5) is 32.0. The molecule has 2 fully saturated rings. The van der Waals surface area contributed by atoms with Crippen molar-refractivity contribution in [3.63, 3.8) is 0 Å². The van der Waals surface area contributed by atoms with Crippen molar-refractivity contribution in [2.45, 2.75) is 32.2 Å². The van der Waals surface area contributed by atoms with Crippen molar-refractivity contribution in [3.8, 4) is 0 Å². The Morgan fingerprint density at radius 3 is 2.16 bits per heavy atom. The maximum absolute atomic E-state index is 13.1. The largest absolute Gasteiger partial charge is 0.341 e. The summed E-state index contributed by atoms with van der Waals surface area (Å²) < 4.78 is 0. The lowest BCUT2D eigenvalue weighted by Gasteiger charge is -2.40. The average Bonchev–Trinajstić information content (AvgIpc) is 2.84. The first-order chi connectivity index (χ1) is 15.5. The van der Waals surface area contributed by atoms with Crippen molar-refractivity contribution in [2.24, 2.45) is 5.92 Å². The molecule has 6 heteroatoms. The predicted molar refractivity (Wildman–Crippen MR) is 128 cm³/mol. The molecule has 0 N–H and O–H groups in total. The number of carbonyl (C=O) groups excluding carboxylic acids is 2. The van der Waals surface area contributed by atoms with Crippen molar-refractivity contribution in [2.75, 3.05) is 39.3 Å². The lowest BCUT2D eigenvalue weighted by Crippen LogP contribution is -2.56. The molecule has 5 nitrogen and oxygen atoms in total. The van der Waals surface area contributed by atoms with Crippen molar-refractivity contribution < 1.29 is 9.59 Å². The van der Waals surface area contributed by atoms with E-state index in [0.29, 0.717) is 42.7 Å². The number of hydrogen-bond donors (Lipinski definition) is 0. The van der Waals surface area contributed by atoms with Gasteiger partial charge >= 0.3 is 0 Å². The minimum absolute atomic E-state index is 0.0327. The summed E-state index contributed by atoms with van der Waals surface area (Å²) in [7, 11) is 0. The van der Waals surface area contributed by atoms with Gasteiger partial charge in [-0.1, -0.05) is 54.1 Å². The fourth-order valence-corrected chi connectivity index (χ4v) is 5.06. The van der Waals surface area contributed by atoms with E-state index in [1.807, 2.05) is 28.9 Å². The number of carbonyl (C=O) groups is 2. The summed E-state index contributed by atoms with van der Waals surface area (Å²) in [5.41, 5.74) is 1.93. The van der Waals surface area contributed by atoms with E-state index in [-0.39, 0.29) is 17.9 Å². The molecule has 170 valence electrons. The Balaban J connectivity index is 1.24. The molecule has 0 aliphatic carbocycles. The summed E-state index contributed by atoms with van der Waals surface area (Å²) in [6.45, 7) is 6.31. The molecular weight excluding hydrogens is 422 g/mol. The number of benzene rings is 2. The molecule has 2 aliphatic rings. The third kappa shape index (κ3) is 5.33. The van der Waals surface area contributed by atoms with Crippen molar-refractivity contribution in [3.05, 3.63) is 70.7 Å². The minimum Gasteiger partial charge on any atom is -0.341 e. The number of likely N-dealkylation sites (tertiary alicyclic amines) is 1. The molecule has 2 heterocycles. The van der Waals surface area contributed by atoms with E-state index in [9.17, 15) is 9.59 Å². The van der Waals surface area contributed by atoms with Crippen molar-refractivity contribution in [1.82, 2.24) is 14.7 Å². The fraction of sp³-hybridized carbons (Fsp3) is 0.462. The Labute approximate surface area is 195 Å². The van der Waals surface area contributed by atoms with Gasteiger partial charge in [0.1, 0.15) is 0 Å². The zero-order chi connectivity index (χ0) is 22.5. The molecule has 1 atom stereocenters. The number of piperidine rings is 1. The maximum Gasteiger partial charge on any atom is 0.255 e. The number of hydrogen-bond acceptors (Lipinski definition) is 3. The van der Waals surface area contributed by atoms with E-state index in [1.54, 1.807) is 12.1 Å². The molecule has 2 aromatic rings. The van der Waals surface area contributed by atoms with Gasteiger partial charge in [0.25, 0.3) is 5.91 Å². The van der Waals surface area contributed by atoms with Gasteiger partial charge in [0.15, 0.2) is 0 Å². The summed E-state index contributed by atoms with van der Waals surface area (Å²) in [5, 5.41) is 0.485. The van der Waals surface area contributed by atoms with Crippen LogP contribution < -0.4 is 0 Å². The van der Waals surface area contributed by atoms with Crippen molar-refractivity contribution >= 4 is 23.4 Å². The topological polar surface area (TPSA) is 43.9 Å². The summed E-state index contributed by atoms with van der Waals surface area (Å²) in [6, 6.07) is 17.6. The smallest absolute Gasteiger partial charge is 0.255 e. The highest BCUT2D eigenvalue weighted by molar-refractivity contribution is 6.33. The molecule has 2 amide bonds. The number of nitrogens with zero attached hydrogens (tertiary/aromatic N) is 3. The molecule has 0 spiro atoms. The van der Waals surface area contributed by atoms with E-state index in [0.717, 1.165) is 32.4 Å². The van der Waals surface area contributed by atoms with Crippen LogP contribution in [0.25, 0.3) is 0 Å². The van der Waals surface area contributed by atoms with Gasteiger partial charge in [-0.2, -0.15) is 0 Å². The van der Waals surface area contributed by atoms with Crippen LogP contribution in [0.1, 0.15) is 35.7 Å². The molecule has 0 aromatic heterocycles. The molecular formula is C26H32ClN3O2. The highest BCUT2D eigenvalue weighted by Crippen LogP contribution is 2.23. The van der Waals surface area contributed by atoms with Gasteiger partial charge in [0.05, 0.1) is 16.6 Å². The highest BCUT2D eigenvalue weighted by Gasteiger charge is 2.32. The van der Waals surface area contributed by atoms with E-state index in [4.69, 9.17) is 11.6 Å². The molecule has 4 rings (SSSR count). The Kier molecular flexibility index (Phi) is 7.48. The number of amides is 2. The quantitative estimate of drug-likeness (QED) is 0.688. The highest BCUT2D eigenvalue weighted by atomic mass is 35.5. The van der Waals surface area contributed by atoms with Crippen LogP contribution in [0.2, 0.25) is 5.02 Å². The van der Waals surface area contributed by atoms with Gasteiger partial charge < -0.3 is 9.80 Å². The standard InChI is InChI=1S/C26H32ClN3O2/c1-20(25(31)29-13-11-22(12-14-29)19-21-7-3-2-4-8-21)28-15-17-30(18-16-28)26(32)23-9-5-6-10-24(23)27/h2-10,20,22H,11-19H2,1H3/t20-/m0/s1. The second kappa shape index (κ2) is 10.5. The van der Waals surface area contributed by atoms with Crippen LogP contribution in [0.3, 0.4) is 0 Å². The first-order valence-electron chi connectivity index (χ1n) is 11.6. The molecule has 0 bridgehead atoms. The lowest BCUT2D eigenvalue weighted by molar-refractivity contribution is -0.138. The van der Waals surface area contributed by atoms with Crippen LogP contribution in [0.5, 0.6) is 0 Å². The second-order valence-corrected chi connectivity index (χ2v) is 9.35. The third-order valence-electron chi connectivity index (χ3n) is 6.90. The van der Waals surface area contributed by atoms with E-state index in [2.05, 4.69) is 35.2 Å².